The van der Waals surface area contributed by atoms with E-state index >= 15 is 0 Å². The Morgan fingerprint density at radius 3 is 2.57 bits per heavy atom. The Kier molecular flexibility index (Phi) is 5.05. The average molecular weight is 415 g/mol. The van der Waals surface area contributed by atoms with Gasteiger partial charge < -0.3 is 10.2 Å². The van der Waals surface area contributed by atoms with Crippen molar-refractivity contribution in [3.63, 3.8) is 0 Å². The molecule has 0 amide bonds. The van der Waals surface area contributed by atoms with E-state index < -0.39 is 0 Å². The van der Waals surface area contributed by atoms with Gasteiger partial charge in [0.25, 0.3) is 0 Å². The molecule has 2 heterocycles. The van der Waals surface area contributed by atoms with Crippen molar-refractivity contribution in [2.75, 3.05) is 23.3 Å². The first-order valence-electron chi connectivity index (χ1n) is 10.0. The van der Waals surface area contributed by atoms with Crippen molar-refractivity contribution in [2.45, 2.75) is 46.5 Å². The van der Waals surface area contributed by atoms with Crippen molar-refractivity contribution >= 4 is 40.1 Å². The molecule has 3 nitrogen and oxygen atoms in total. The highest BCUT2D eigenvalue weighted by Gasteiger charge is 2.41. The average Bonchev–Trinajstić information content (AvgIpc) is 3.06. The summed E-state index contributed by atoms with van der Waals surface area (Å²) < 4.78 is 0.764. The second kappa shape index (κ2) is 7.23. The van der Waals surface area contributed by atoms with Crippen LogP contribution in [0.1, 0.15) is 56.9 Å². The predicted molar refractivity (Wildman–Crippen MR) is 120 cm³/mol. The molecule has 0 fully saturated rings. The summed E-state index contributed by atoms with van der Waals surface area (Å²) in [5.74, 6) is 0.227. The Morgan fingerprint density at radius 2 is 1.93 bits per heavy atom. The molecule has 1 aromatic heterocycles. The van der Waals surface area contributed by atoms with Crippen molar-refractivity contribution in [3.8, 4) is 0 Å². The quantitative estimate of drug-likeness (QED) is 0.623. The number of rotatable bonds is 4. The Bertz CT molecular complexity index is 955. The smallest absolute Gasteiger partial charge is 0.162 e. The zero-order chi connectivity index (χ0) is 20.1. The summed E-state index contributed by atoms with van der Waals surface area (Å²) in [6.07, 6.45) is 1.48. The Hall–Kier alpha value is -1.78. The van der Waals surface area contributed by atoms with Gasteiger partial charge in [-0.2, -0.15) is 0 Å². The van der Waals surface area contributed by atoms with Gasteiger partial charge in [-0.25, -0.2) is 0 Å². The van der Waals surface area contributed by atoms with Crippen LogP contribution in [0.3, 0.4) is 0 Å². The summed E-state index contributed by atoms with van der Waals surface area (Å²) in [7, 11) is 0. The highest BCUT2D eigenvalue weighted by atomic mass is 35.5. The second-order valence-electron chi connectivity index (χ2n) is 8.48. The third-order valence-electron chi connectivity index (χ3n) is 5.85. The van der Waals surface area contributed by atoms with Crippen LogP contribution in [0.25, 0.3) is 0 Å². The Labute approximate surface area is 176 Å². The first kappa shape index (κ1) is 19.5. The standard InChI is InChI=1S/C23H27ClN2OS/c1-5-26(6-2)14-7-8-15-16(11-14)25-17-12-23(3,4)13-18(27)22(17)21(15)19-9-10-20(24)28-19/h7-11,21,25H,5-6,12-13H2,1-4H3. The van der Waals surface area contributed by atoms with Gasteiger partial charge in [0.15, 0.2) is 5.78 Å². The first-order chi connectivity index (χ1) is 13.3. The van der Waals surface area contributed by atoms with Crippen LogP contribution in [0.4, 0.5) is 11.4 Å². The van der Waals surface area contributed by atoms with Crippen LogP contribution in [-0.2, 0) is 4.79 Å². The van der Waals surface area contributed by atoms with Crippen LogP contribution >= 0.6 is 22.9 Å². The number of anilines is 2. The maximum absolute atomic E-state index is 13.2. The zero-order valence-corrected chi connectivity index (χ0v) is 18.5. The van der Waals surface area contributed by atoms with Gasteiger partial charge >= 0.3 is 0 Å². The molecule has 0 radical (unpaired) electrons. The molecule has 1 aromatic carbocycles. The molecule has 2 aliphatic rings. The SMILES string of the molecule is CCN(CC)c1ccc2c(c1)NC1=C(C(=O)CC(C)(C)C1)C2c1ccc(Cl)s1. The van der Waals surface area contributed by atoms with Gasteiger partial charge in [0.2, 0.25) is 0 Å². The fraction of sp³-hybridized carbons (Fsp3) is 0.435. The molecule has 28 heavy (non-hydrogen) atoms. The molecule has 1 atom stereocenters. The largest absolute Gasteiger partial charge is 0.372 e. The highest BCUT2D eigenvalue weighted by Crippen LogP contribution is 2.51. The third-order valence-corrected chi connectivity index (χ3v) is 7.15. The molecule has 1 unspecified atom stereocenters. The van der Waals surface area contributed by atoms with E-state index in [1.807, 2.05) is 6.07 Å². The summed E-state index contributed by atoms with van der Waals surface area (Å²) in [5.41, 5.74) is 5.49. The van der Waals surface area contributed by atoms with E-state index in [1.165, 1.54) is 11.3 Å². The molecule has 5 heteroatoms. The van der Waals surface area contributed by atoms with Gasteiger partial charge in [0.1, 0.15) is 0 Å². The van der Waals surface area contributed by atoms with Gasteiger partial charge in [0, 0.05) is 47.0 Å². The van der Waals surface area contributed by atoms with Gasteiger partial charge in [-0.15, -0.1) is 11.3 Å². The molecule has 4 rings (SSSR count). The summed E-state index contributed by atoms with van der Waals surface area (Å²) in [4.78, 5) is 16.7. The molecule has 2 aromatic rings. The summed E-state index contributed by atoms with van der Waals surface area (Å²) in [6, 6.07) is 10.6. The highest BCUT2D eigenvalue weighted by molar-refractivity contribution is 7.16. The van der Waals surface area contributed by atoms with Gasteiger partial charge in [-0.1, -0.05) is 31.5 Å². The number of nitrogens with zero attached hydrogens (tertiary/aromatic N) is 1. The van der Waals surface area contributed by atoms with Crippen LogP contribution in [0.2, 0.25) is 4.34 Å². The fourth-order valence-electron chi connectivity index (χ4n) is 4.57. The number of fused-ring (bicyclic) bond motifs is 1. The van der Waals surface area contributed by atoms with Gasteiger partial charge in [-0.05, 0) is 55.5 Å². The fourth-order valence-corrected chi connectivity index (χ4v) is 5.76. The van der Waals surface area contributed by atoms with Gasteiger partial charge in [-0.3, -0.25) is 4.79 Å². The van der Waals surface area contributed by atoms with Crippen molar-refractivity contribution in [3.05, 3.63) is 56.4 Å². The number of allylic oxidation sites excluding steroid dienone is 2. The maximum atomic E-state index is 13.2. The lowest BCUT2D eigenvalue weighted by Gasteiger charge is -2.39. The summed E-state index contributed by atoms with van der Waals surface area (Å²) in [5, 5.41) is 3.64. The summed E-state index contributed by atoms with van der Waals surface area (Å²) in [6.45, 7) is 10.6. The van der Waals surface area contributed by atoms with Crippen LogP contribution < -0.4 is 10.2 Å². The molecular formula is C23H27ClN2OS. The molecule has 0 saturated carbocycles. The minimum atomic E-state index is -0.0295. The third kappa shape index (κ3) is 3.37. The van der Waals surface area contributed by atoms with E-state index in [2.05, 4.69) is 62.2 Å². The molecule has 1 aliphatic carbocycles. The Balaban J connectivity index is 1.87. The molecule has 0 spiro atoms. The number of thiophene rings is 1. The van der Waals surface area contributed by atoms with Crippen molar-refractivity contribution in [2.24, 2.45) is 5.41 Å². The number of benzene rings is 1. The number of hydrogen-bond donors (Lipinski definition) is 1. The van der Waals surface area contributed by atoms with E-state index in [0.717, 1.165) is 45.7 Å². The van der Waals surface area contributed by atoms with Crippen LogP contribution in [0.15, 0.2) is 41.6 Å². The number of hydrogen-bond acceptors (Lipinski definition) is 4. The second-order valence-corrected chi connectivity index (χ2v) is 10.2. The molecular weight excluding hydrogens is 388 g/mol. The van der Waals surface area contributed by atoms with E-state index in [1.54, 1.807) is 11.3 Å². The lowest BCUT2D eigenvalue weighted by molar-refractivity contribution is -0.118. The number of nitrogens with one attached hydrogen (secondary N) is 1. The zero-order valence-electron chi connectivity index (χ0n) is 16.9. The van der Waals surface area contributed by atoms with E-state index in [9.17, 15) is 4.79 Å². The number of carbonyl (C=O) groups is 1. The van der Waals surface area contributed by atoms with Crippen molar-refractivity contribution in [1.82, 2.24) is 0 Å². The van der Waals surface area contributed by atoms with Crippen LogP contribution in [0.5, 0.6) is 0 Å². The normalized spacial score (nSPS) is 20.5. The first-order valence-corrected chi connectivity index (χ1v) is 11.2. The predicted octanol–water partition coefficient (Wildman–Crippen LogP) is 6.45. The lowest BCUT2D eigenvalue weighted by Crippen LogP contribution is -2.33. The molecule has 148 valence electrons. The number of ketones is 1. The number of Topliss-reactive ketones (excluding diaryl/α,β-unsaturated/α-hetero) is 1. The van der Waals surface area contributed by atoms with Crippen LogP contribution in [0, 0.1) is 5.41 Å². The summed E-state index contributed by atoms with van der Waals surface area (Å²) >= 11 is 7.84. The van der Waals surface area contributed by atoms with Crippen LogP contribution in [-0.4, -0.2) is 18.9 Å². The van der Waals surface area contributed by atoms with Gasteiger partial charge in [0.05, 0.1) is 10.3 Å². The van der Waals surface area contributed by atoms with E-state index in [0.29, 0.717) is 6.42 Å². The van der Waals surface area contributed by atoms with Crippen molar-refractivity contribution < 1.29 is 4.79 Å². The van der Waals surface area contributed by atoms with E-state index in [4.69, 9.17) is 11.6 Å². The minimum Gasteiger partial charge on any atom is -0.372 e. The topological polar surface area (TPSA) is 32.3 Å². The minimum absolute atomic E-state index is 0.0193. The monoisotopic (exact) mass is 414 g/mol. The molecule has 1 N–H and O–H groups in total. The van der Waals surface area contributed by atoms with Crippen molar-refractivity contribution in [1.29, 1.82) is 0 Å². The number of halogens is 1. The maximum Gasteiger partial charge on any atom is 0.162 e. The molecule has 0 bridgehead atoms. The lowest BCUT2D eigenvalue weighted by atomic mass is 9.70. The molecule has 0 saturated heterocycles. The van der Waals surface area contributed by atoms with E-state index in [-0.39, 0.29) is 17.1 Å². The molecule has 1 aliphatic heterocycles. The number of carbonyl (C=O) groups excluding carboxylic acids is 1. The Morgan fingerprint density at radius 1 is 1.18 bits per heavy atom.